The van der Waals surface area contributed by atoms with E-state index >= 15 is 0 Å². The van der Waals surface area contributed by atoms with Crippen LogP contribution >= 0.6 is 0 Å². The predicted molar refractivity (Wildman–Crippen MR) is 92.1 cm³/mol. The summed E-state index contributed by atoms with van der Waals surface area (Å²) in [7, 11) is 0. The lowest BCUT2D eigenvalue weighted by Crippen LogP contribution is -2.44. The average Bonchev–Trinajstić information content (AvgIpc) is 2.56. The maximum atomic E-state index is 10.2. The molecular weight excluding hydrogens is 290 g/mol. The van der Waals surface area contributed by atoms with Crippen LogP contribution in [0.25, 0.3) is 0 Å². The summed E-state index contributed by atoms with van der Waals surface area (Å²) in [4.78, 5) is 11.8. The zero-order valence-corrected chi connectivity index (χ0v) is 13.9. The minimum Gasteiger partial charge on any atom is -0.481 e. The van der Waals surface area contributed by atoms with E-state index in [0.717, 1.165) is 38.9 Å². The second-order valence-corrected chi connectivity index (χ2v) is 5.93. The van der Waals surface area contributed by atoms with E-state index in [1.165, 1.54) is 5.56 Å². The molecule has 1 aromatic rings. The Morgan fingerprint density at radius 1 is 1.30 bits per heavy atom. The van der Waals surface area contributed by atoms with Crippen LogP contribution < -0.4 is 0 Å². The number of hydrogen-bond donors (Lipinski definition) is 2. The Labute approximate surface area is 139 Å². The molecule has 1 aliphatic rings. The van der Waals surface area contributed by atoms with Gasteiger partial charge in [-0.1, -0.05) is 37.3 Å². The second-order valence-electron chi connectivity index (χ2n) is 5.93. The van der Waals surface area contributed by atoms with Gasteiger partial charge in [0.2, 0.25) is 0 Å². The number of terminal acetylenes is 1. The van der Waals surface area contributed by atoms with Crippen molar-refractivity contribution in [3.8, 4) is 12.3 Å². The minimum absolute atomic E-state index is 0.222. The summed E-state index contributed by atoms with van der Waals surface area (Å²) >= 11 is 0. The molecule has 1 aromatic carbocycles. The van der Waals surface area contributed by atoms with Gasteiger partial charge in [0.1, 0.15) is 0 Å². The first-order valence-corrected chi connectivity index (χ1v) is 8.13. The number of aliphatic hydroxyl groups is 1. The molecular formula is C19H27NO3. The monoisotopic (exact) mass is 317 g/mol. The number of aliphatic carboxylic acids is 1. The van der Waals surface area contributed by atoms with Crippen molar-refractivity contribution >= 4 is 5.97 Å². The number of carboxylic acids is 1. The molecule has 1 saturated heterocycles. The van der Waals surface area contributed by atoms with Crippen molar-refractivity contribution in [2.24, 2.45) is 0 Å². The highest BCUT2D eigenvalue weighted by atomic mass is 16.4. The number of carboxylic acid groups (broad SMARTS) is 1. The van der Waals surface area contributed by atoms with Crippen LogP contribution in [-0.4, -0.2) is 46.3 Å². The van der Waals surface area contributed by atoms with Gasteiger partial charge < -0.3 is 15.1 Å². The first-order valence-electron chi connectivity index (χ1n) is 8.13. The van der Waals surface area contributed by atoms with Gasteiger partial charge in [0.05, 0.1) is 5.60 Å². The van der Waals surface area contributed by atoms with Gasteiger partial charge in [-0.3, -0.25) is 4.79 Å². The molecule has 0 unspecified atom stereocenters. The molecule has 0 radical (unpaired) electrons. The van der Waals surface area contributed by atoms with Gasteiger partial charge in [-0.15, -0.1) is 12.3 Å². The quantitative estimate of drug-likeness (QED) is 0.820. The zero-order chi connectivity index (χ0) is 17.1. The third kappa shape index (κ3) is 7.83. The van der Waals surface area contributed by atoms with E-state index in [4.69, 9.17) is 11.5 Å². The molecule has 1 heterocycles. The van der Waals surface area contributed by atoms with Crippen LogP contribution in [-0.2, 0) is 11.2 Å². The molecule has 2 rings (SSSR count). The smallest absolute Gasteiger partial charge is 0.303 e. The Balaban J connectivity index is 0.000000463. The Morgan fingerprint density at radius 2 is 1.87 bits per heavy atom. The summed E-state index contributed by atoms with van der Waals surface area (Å²) in [6.07, 6.45) is 8.67. The van der Waals surface area contributed by atoms with E-state index in [2.05, 4.69) is 35.1 Å². The summed E-state index contributed by atoms with van der Waals surface area (Å²) in [5.41, 5.74) is 0.764. The fourth-order valence-corrected chi connectivity index (χ4v) is 2.49. The van der Waals surface area contributed by atoms with Gasteiger partial charge in [-0.25, -0.2) is 0 Å². The lowest BCUT2D eigenvalue weighted by Gasteiger charge is -2.37. The molecule has 0 aliphatic carbocycles. The number of rotatable bonds is 5. The Kier molecular flexibility index (Phi) is 8.39. The van der Waals surface area contributed by atoms with Gasteiger partial charge in [0, 0.05) is 32.5 Å². The van der Waals surface area contributed by atoms with Crippen LogP contribution in [0.1, 0.15) is 38.2 Å². The molecule has 0 aromatic heterocycles. The molecule has 4 nitrogen and oxygen atoms in total. The number of hydrogen-bond acceptors (Lipinski definition) is 3. The van der Waals surface area contributed by atoms with E-state index in [9.17, 15) is 9.90 Å². The number of carbonyl (C=O) groups is 1. The molecule has 0 spiro atoms. The molecule has 0 amide bonds. The van der Waals surface area contributed by atoms with E-state index < -0.39 is 11.6 Å². The topological polar surface area (TPSA) is 60.8 Å². The zero-order valence-electron chi connectivity index (χ0n) is 13.9. The Hall–Kier alpha value is -1.83. The minimum atomic E-state index is -0.745. The van der Waals surface area contributed by atoms with Crippen LogP contribution in [0.2, 0.25) is 0 Å². The van der Waals surface area contributed by atoms with Crippen molar-refractivity contribution in [3.05, 3.63) is 35.9 Å². The lowest BCUT2D eigenvalue weighted by molar-refractivity contribution is -0.136. The normalized spacial score (nSPS) is 16.7. The number of nitrogens with zero attached hydrogens (tertiary/aromatic N) is 1. The van der Waals surface area contributed by atoms with Crippen molar-refractivity contribution < 1.29 is 15.0 Å². The lowest BCUT2D eigenvalue weighted by atomic mass is 9.88. The van der Waals surface area contributed by atoms with Crippen LogP contribution in [0.4, 0.5) is 0 Å². The van der Waals surface area contributed by atoms with Crippen molar-refractivity contribution in [2.75, 3.05) is 19.6 Å². The first-order chi connectivity index (χ1) is 11.0. The summed E-state index contributed by atoms with van der Waals surface area (Å²) in [6, 6.07) is 10.5. The average molecular weight is 317 g/mol. The standard InChI is InChI=1S/C16H21NO.C3H6O2/c1-2-9-16(18)10-13-17(14-11-16)12-8-15-6-4-3-5-7-15;1-2-3(4)5/h1,3-7,18H,8-14H2;2H2,1H3,(H,4,5). The fraction of sp³-hybridized carbons (Fsp3) is 0.526. The fourth-order valence-electron chi connectivity index (χ4n) is 2.49. The number of likely N-dealkylation sites (tertiary alicyclic amines) is 1. The SMILES string of the molecule is C#CCC1(O)CCN(CCc2ccccc2)CC1.CCC(=O)O. The Bertz CT molecular complexity index is 499. The van der Waals surface area contributed by atoms with Gasteiger partial charge in [-0.2, -0.15) is 0 Å². The van der Waals surface area contributed by atoms with E-state index in [0.29, 0.717) is 6.42 Å². The van der Waals surface area contributed by atoms with Crippen LogP contribution in [0.5, 0.6) is 0 Å². The molecule has 1 aliphatic heterocycles. The van der Waals surface area contributed by atoms with Crippen molar-refractivity contribution in [1.29, 1.82) is 0 Å². The third-order valence-corrected chi connectivity index (χ3v) is 4.08. The first kappa shape index (κ1) is 19.2. The van der Waals surface area contributed by atoms with Crippen molar-refractivity contribution in [2.45, 2.75) is 44.6 Å². The highest BCUT2D eigenvalue weighted by Crippen LogP contribution is 2.25. The van der Waals surface area contributed by atoms with Gasteiger partial charge in [0.15, 0.2) is 0 Å². The highest BCUT2D eigenvalue weighted by Gasteiger charge is 2.30. The number of benzene rings is 1. The van der Waals surface area contributed by atoms with Crippen molar-refractivity contribution in [3.63, 3.8) is 0 Å². The van der Waals surface area contributed by atoms with Crippen LogP contribution in [0.3, 0.4) is 0 Å². The molecule has 1 fully saturated rings. The third-order valence-electron chi connectivity index (χ3n) is 4.08. The summed E-state index contributed by atoms with van der Waals surface area (Å²) in [5, 5.41) is 17.9. The highest BCUT2D eigenvalue weighted by molar-refractivity contribution is 5.66. The maximum absolute atomic E-state index is 10.2. The molecule has 23 heavy (non-hydrogen) atoms. The van der Waals surface area contributed by atoms with Gasteiger partial charge in [-0.05, 0) is 24.8 Å². The molecule has 2 N–H and O–H groups in total. The summed E-state index contributed by atoms with van der Waals surface area (Å²) in [5.74, 6) is 1.84. The largest absolute Gasteiger partial charge is 0.481 e. The molecule has 4 heteroatoms. The maximum Gasteiger partial charge on any atom is 0.303 e. The van der Waals surface area contributed by atoms with E-state index in [-0.39, 0.29) is 6.42 Å². The predicted octanol–water partition coefficient (Wildman–Crippen LogP) is 2.56. The van der Waals surface area contributed by atoms with Crippen LogP contribution in [0.15, 0.2) is 30.3 Å². The van der Waals surface area contributed by atoms with Crippen LogP contribution in [0, 0.1) is 12.3 Å². The van der Waals surface area contributed by atoms with E-state index in [1.807, 2.05) is 6.07 Å². The van der Waals surface area contributed by atoms with Gasteiger partial charge in [0.25, 0.3) is 0 Å². The summed E-state index contributed by atoms with van der Waals surface area (Å²) in [6.45, 7) is 4.56. The Morgan fingerprint density at radius 3 is 2.35 bits per heavy atom. The summed E-state index contributed by atoms with van der Waals surface area (Å²) < 4.78 is 0. The molecule has 0 atom stereocenters. The molecule has 0 bridgehead atoms. The molecule has 126 valence electrons. The second kappa shape index (κ2) is 10.0. The number of piperidine rings is 1. The van der Waals surface area contributed by atoms with Gasteiger partial charge >= 0.3 is 5.97 Å². The van der Waals surface area contributed by atoms with E-state index in [1.54, 1.807) is 6.92 Å². The molecule has 0 saturated carbocycles. The van der Waals surface area contributed by atoms with Crippen molar-refractivity contribution in [1.82, 2.24) is 4.90 Å².